The highest BCUT2D eigenvalue weighted by Crippen LogP contribution is 2.31. The molecule has 19 heavy (non-hydrogen) atoms. The second kappa shape index (κ2) is 5.41. The van der Waals surface area contributed by atoms with Gasteiger partial charge in [-0.25, -0.2) is 4.39 Å². The van der Waals surface area contributed by atoms with Crippen molar-refractivity contribution in [3.63, 3.8) is 0 Å². The molecule has 5 heteroatoms. The third-order valence-electron chi connectivity index (χ3n) is 3.35. The van der Waals surface area contributed by atoms with E-state index >= 15 is 0 Å². The second-order valence-electron chi connectivity index (χ2n) is 5.39. The fraction of sp³-hybridized carbons (Fsp3) is 0.500. The van der Waals surface area contributed by atoms with E-state index in [0.717, 1.165) is 12.2 Å². The van der Waals surface area contributed by atoms with Gasteiger partial charge in [0.1, 0.15) is 5.82 Å². The van der Waals surface area contributed by atoms with Gasteiger partial charge in [-0.15, -0.1) is 0 Å². The van der Waals surface area contributed by atoms with Gasteiger partial charge in [0, 0.05) is 29.3 Å². The van der Waals surface area contributed by atoms with Crippen molar-refractivity contribution < 1.29 is 9.18 Å². The number of halogens is 1. The van der Waals surface area contributed by atoms with E-state index < -0.39 is 5.82 Å². The lowest BCUT2D eigenvalue weighted by atomic mass is 10.1. The maximum Gasteiger partial charge on any atom is 0.256 e. The highest BCUT2D eigenvalue weighted by Gasteiger charge is 2.27. The van der Waals surface area contributed by atoms with Crippen molar-refractivity contribution in [2.24, 2.45) is 0 Å². The molecular weight excluding hydrogens is 263 g/mol. The largest absolute Gasteiger partial charge is 0.399 e. The molecule has 1 aliphatic heterocycles. The number of nitrogens with zero attached hydrogens (tertiary/aromatic N) is 1. The van der Waals surface area contributed by atoms with Crippen LogP contribution >= 0.6 is 11.8 Å². The lowest BCUT2D eigenvalue weighted by Gasteiger charge is -2.23. The zero-order valence-electron chi connectivity index (χ0n) is 11.3. The van der Waals surface area contributed by atoms with Crippen molar-refractivity contribution in [2.45, 2.75) is 25.0 Å². The number of amides is 1. The second-order valence-corrected chi connectivity index (χ2v) is 7.19. The first kappa shape index (κ1) is 14.2. The van der Waals surface area contributed by atoms with Crippen molar-refractivity contribution in [1.82, 2.24) is 4.90 Å². The molecule has 0 spiro atoms. The van der Waals surface area contributed by atoms with E-state index in [1.165, 1.54) is 18.2 Å². The summed E-state index contributed by atoms with van der Waals surface area (Å²) in [5.41, 5.74) is 6.11. The van der Waals surface area contributed by atoms with Gasteiger partial charge in [0.15, 0.2) is 0 Å². The number of hydrogen-bond donors (Lipinski definition) is 1. The van der Waals surface area contributed by atoms with Gasteiger partial charge in [-0.05, 0) is 24.6 Å². The van der Waals surface area contributed by atoms with Crippen LogP contribution in [0.15, 0.2) is 18.2 Å². The van der Waals surface area contributed by atoms with Gasteiger partial charge < -0.3 is 10.6 Å². The summed E-state index contributed by atoms with van der Waals surface area (Å²) in [5, 5.41) is 0. The predicted octanol–water partition coefficient (Wildman–Crippen LogP) is 2.77. The van der Waals surface area contributed by atoms with Crippen LogP contribution < -0.4 is 5.73 Å². The van der Waals surface area contributed by atoms with Crippen molar-refractivity contribution in [1.29, 1.82) is 0 Å². The highest BCUT2D eigenvalue weighted by atomic mass is 32.2. The summed E-state index contributed by atoms with van der Waals surface area (Å²) in [5.74, 6) is 0.112. The molecule has 2 N–H and O–H groups in total. The van der Waals surface area contributed by atoms with Crippen LogP contribution in [0, 0.1) is 5.82 Å². The molecule has 0 radical (unpaired) electrons. The van der Waals surface area contributed by atoms with Gasteiger partial charge in [-0.1, -0.05) is 13.8 Å². The number of hydrogen-bond acceptors (Lipinski definition) is 3. The van der Waals surface area contributed by atoms with E-state index in [1.807, 2.05) is 11.8 Å². The molecule has 0 bridgehead atoms. The normalized spacial score (nSPS) is 19.0. The minimum absolute atomic E-state index is 0.0738. The first-order valence-corrected chi connectivity index (χ1v) is 7.36. The Kier molecular flexibility index (Phi) is 4.04. The Labute approximate surface area is 117 Å². The summed E-state index contributed by atoms with van der Waals surface area (Å²) in [6, 6.07) is 4.13. The van der Waals surface area contributed by atoms with E-state index in [-0.39, 0.29) is 16.2 Å². The number of nitrogen functional groups attached to an aromatic ring is 1. The predicted molar refractivity (Wildman–Crippen MR) is 77.9 cm³/mol. The topological polar surface area (TPSA) is 46.3 Å². The first-order valence-electron chi connectivity index (χ1n) is 6.37. The molecule has 1 saturated heterocycles. The molecule has 0 aliphatic carbocycles. The standard InChI is InChI=1S/C14H19FN2OS/c1-14(2)5-6-17(7-8-19-14)13(18)11-9-10(16)3-4-12(11)15/h3-4,9H,5-8,16H2,1-2H3. The summed E-state index contributed by atoms with van der Waals surface area (Å²) in [4.78, 5) is 14.1. The fourth-order valence-electron chi connectivity index (χ4n) is 2.10. The van der Waals surface area contributed by atoms with Gasteiger partial charge in [0.05, 0.1) is 5.56 Å². The zero-order chi connectivity index (χ0) is 14.0. The van der Waals surface area contributed by atoms with Crippen LogP contribution in [0.25, 0.3) is 0 Å². The smallest absolute Gasteiger partial charge is 0.256 e. The zero-order valence-corrected chi connectivity index (χ0v) is 12.1. The third-order valence-corrected chi connectivity index (χ3v) is 4.72. The maximum atomic E-state index is 13.7. The molecule has 1 fully saturated rings. The molecule has 1 heterocycles. The maximum absolute atomic E-state index is 13.7. The summed E-state index contributed by atoms with van der Waals surface area (Å²) in [6.45, 7) is 5.66. The number of anilines is 1. The molecule has 0 atom stereocenters. The Morgan fingerprint density at radius 2 is 2.16 bits per heavy atom. The summed E-state index contributed by atoms with van der Waals surface area (Å²) in [6.07, 6.45) is 0.910. The third kappa shape index (κ3) is 3.41. The number of carbonyl (C=O) groups is 1. The van der Waals surface area contributed by atoms with Crippen molar-refractivity contribution in [3.05, 3.63) is 29.6 Å². The molecule has 0 saturated carbocycles. The molecule has 104 valence electrons. The van der Waals surface area contributed by atoms with Crippen LogP contribution in [0.1, 0.15) is 30.6 Å². The highest BCUT2D eigenvalue weighted by molar-refractivity contribution is 8.00. The van der Waals surface area contributed by atoms with Crippen LogP contribution in [0.4, 0.5) is 10.1 Å². The van der Waals surface area contributed by atoms with E-state index in [1.54, 1.807) is 4.90 Å². The quantitative estimate of drug-likeness (QED) is 0.806. The van der Waals surface area contributed by atoms with E-state index in [2.05, 4.69) is 13.8 Å². The summed E-state index contributed by atoms with van der Waals surface area (Å²) >= 11 is 1.85. The Morgan fingerprint density at radius 1 is 1.42 bits per heavy atom. The van der Waals surface area contributed by atoms with Gasteiger partial charge in [-0.3, -0.25) is 4.79 Å². The number of carbonyl (C=O) groups excluding carboxylic acids is 1. The van der Waals surface area contributed by atoms with Gasteiger partial charge in [0.2, 0.25) is 0 Å². The minimum atomic E-state index is -0.504. The van der Waals surface area contributed by atoms with Gasteiger partial charge in [0.25, 0.3) is 5.91 Å². The molecule has 3 nitrogen and oxygen atoms in total. The number of benzene rings is 1. The number of thioether (sulfide) groups is 1. The van der Waals surface area contributed by atoms with Crippen LogP contribution in [0.3, 0.4) is 0 Å². The van der Waals surface area contributed by atoms with Crippen molar-refractivity contribution in [2.75, 3.05) is 24.6 Å². The Balaban J connectivity index is 2.17. The fourth-order valence-corrected chi connectivity index (χ4v) is 3.20. The molecule has 2 rings (SSSR count). The minimum Gasteiger partial charge on any atom is -0.399 e. The van der Waals surface area contributed by atoms with Crippen LogP contribution in [-0.2, 0) is 0 Å². The molecule has 0 unspecified atom stereocenters. The molecule has 0 aromatic heterocycles. The van der Waals surface area contributed by atoms with E-state index in [4.69, 9.17) is 5.73 Å². The Hall–Kier alpha value is -1.23. The SMILES string of the molecule is CC1(C)CCN(C(=O)c2cc(N)ccc2F)CCS1. The molecule has 1 aromatic carbocycles. The van der Waals surface area contributed by atoms with Crippen LogP contribution in [-0.4, -0.2) is 34.4 Å². The van der Waals surface area contributed by atoms with Gasteiger partial charge in [-0.2, -0.15) is 11.8 Å². The van der Waals surface area contributed by atoms with Crippen molar-refractivity contribution in [3.8, 4) is 0 Å². The average molecular weight is 282 g/mol. The number of rotatable bonds is 1. The van der Waals surface area contributed by atoms with Crippen LogP contribution in [0.5, 0.6) is 0 Å². The Bertz CT molecular complexity index is 490. The van der Waals surface area contributed by atoms with E-state index in [0.29, 0.717) is 18.8 Å². The van der Waals surface area contributed by atoms with Crippen LogP contribution in [0.2, 0.25) is 0 Å². The monoisotopic (exact) mass is 282 g/mol. The lowest BCUT2D eigenvalue weighted by molar-refractivity contribution is 0.0760. The summed E-state index contributed by atoms with van der Waals surface area (Å²) < 4.78 is 13.9. The lowest BCUT2D eigenvalue weighted by Crippen LogP contribution is -2.34. The molecular formula is C14H19FN2OS. The number of nitrogens with two attached hydrogens (primary N) is 1. The molecule has 1 aromatic rings. The summed E-state index contributed by atoms with van der Waals surface area (Å²) in [7, 11) is 0. The Morgan fingerprint density at radius 3 is 2.89 bits per heavy atom. The first-order chi connectivity index (χ1) is 8.89. The molecule has 1 aliphatic rings. The van der Waals surface area contributed by atoms with E-state index in [9.17, 15) is 9.18 Å². The molecule has 1 amide bonds. The van der Waals surface area contributed by atoms with Gasteiger partial charge >= 0.3 is 0 Å². The van der Waals surface area contributed by atoms with Crippen molar-refractivity contribution >= 4 is 23.4 Å². The average Bonchev–Trinajstić information content (AvgIpc) is 2.52.